The monoisotopic (exact) mass is 281 g/mol. The molecule has 0 radical (unpaired) electrons. The first kappa shape index (κ1) is 13.5. The lowest BCUT2D eigenvalue weighted by Crippen LogP contribution is -2.17. The number of aromatic amines is 1. The van der Waals surface area contributed by atoms with Gasteiger partial charge in [0, 0.05) is 30.2 Å². The number of hydrogen-bond acceptors (Lipinski definition) is 5. The highest BCUT2D eigenvalue weighted by molar-refractivity contribution is 7.92. The Kier molecular flexibility index (Phi) is 3.82. The van der Waals surface area contributed by atoms with Crippen molar-refractivity contribution in [2.45, 2.75) is 18.5 Å². The maximum Gasteiger partial charge on any atom is 0.281 e. The van der Waals surface area contributed by atoms with Gasteiger partial charge in [-0.15, -0.1) is 0 Å². The molecule has 0 amide bonds. The van der Waals surface area contributed by atoms with Crippen molar-refractivity contribution in [3.63, 3.8) is 0 Å². The number of sulfonamides is 1. The van der Waals surface area contributed by atoms with E-state index in [-0.39, 0.29) is 5.03 Å². The van der Waals surface area contributed by atoms with Crippen LogP contribution in [0, 0.1) is 6.92 Å². The molecule has 19 heavy (non-hydrogen) atoms. The summed E-state index contributed by atoms with van der Waals surface area (Å²) in [6.45, 7) is 2.21. The molecule has 2 aromatic rings. The number of hydrogen-bond donors (Lipinski definition) is 3. The van der Waals surface area contributed by atoms with E-state index in [4.69, 9.17) is 0 Å². The summed E-state index contributed by atoms with van der Waals surface area (Å²) in [5, 5.41) is 9.50. The Bertz CT molecular complexity index is 651. The van der Waals surface area contributed by atoms with E-state index in [9.17, 15) is 8.42 Å². The zero-order chi connectivity index (χ0) is 13.9. The minimum Gasteiger partial charge on any atom is -0.316 e. The normalized spacial score (nSPS) is 11.5. The topological polar surface area (TPSA) is 99.8 Å². The first-order valence-electron chi connectivity index (χ1n) is 5.66. The minimum absolute atomic E-state index is 0.0103. The third-order valence-electron chi connectivity index (χ3n) is 2.58. The highest BCUT2D eigenvalue weighted by atomic mass is 32.2. The second-order valence-electron chi connectivity index (χ2n) is 4.00. The number of pyridine rings is 1. The number of nitrogens with zero attached hydrogens (tertiary/aromatic N) is 2. The molecular weight excluding hydrogens is 266 g/mol. The van der Waals surface area contributed by atoms with Gasteiger partial charge in [-0.05, 0) is 26.1 Å². The van der Waals surface area contributed by atoms with E-state index in [0.717, 1.165) is 5.69 Å². The summed E-state index contributed by atoms with van der Waals surface area (Å²) >= 11 is 0. The summed E-state index contributed by atoms with van der Waals surface area (Å²) in [6, 6.07) is 3.16. The van der Waals surface area contributed by atoms with Gasteiger partial charge < -0.3 is 5.32 Å². The number of H-pyrrole nitrogens is 1. The Balaban J connectivity index is 2.35. The van der Waals surface area contributed by atoms with Gasteiger partial charge in [0.1, 0.15) is 0 Å². The first-order chi connectivity index (χ1) is 9.04. The van der Waals surface area contributed by atoms with Gasteiger partial charge in [-0.25, -0.2) is 0 Å². The van der Waals surface area contributed by atoms with Crippen molar-refractivity contribution in [2.24, 2.45) is 0 Å². The third-order valence-corrected chi connectivity index (χ3v) is 3.93. The van der Waals surface area contributed by atoms with Gasteiger partial charge in [-0.2, -0.15) is 13.5 Å². The maximum absolute atomic E-state index is 12.3. The Morgan fingerprint density at radius 2 is 2.00 bits per heavy atom. The largest absolute Gasteiger partial charge is 0.316 e. The standard InChI is InChI=1S/C11H15N5O2S/c1-8-10(7-12-2)11(15-14-8)19(17,18)16-9-3-5-13-6-4-9/h3-6,12H,7H2,1-2H3,(H,13,16)(H,14,15). The first-order valence-corrected chi connectivity index (χ1v) is 7.14. The predicted molar refractivity (Wildman–Crippen MR) is 71.1 cm³/mol. The van der Waals surface area contributed by atoms with E-state index in [1.165, 1.54) is 12.4 Å². The van der Waals surface area contributed by atoms with E-state index in [2.05, 4.69) is 25.2 Å². The van der Waals surface area contributed by atoms with Gasteiger partial charge in [0.15, 0.2) is 0 Å². The quantitative estimate of drug-likeness (QED) is 0.746. The molecule has 7 nitrogen and oxygen atoms in total. The molecule has 102 valence electrons. The molecule has 0 aliphatic heterocycles. The van der Waals surface area contributed by atoms with Gasteiger partial charge in [-0.3, -0.25) is 14.8 Å². The second kappa shape index (κ2) is 5.37. The molecule has 0 aliphatic rings. The van der Waals surface area contributed by atoms with Crippen LogP contribution in [0.4, 0.5) is 5.69 Å². The van der Waals surface area contributed by atoms with Gasteiger partial charge in [0.2, 0.25) is 5.03 Å². The van der Waals surface area contributed by atoms with Crippen molar-refractivity contribution < 1.29 is 8.42 Å². The molecule has 0 atom stereocenters. The summed E-state index contributed by atoms with van der Waals surface area (Å²) in [4.78, 5) is 3.83. The van der Waals surface area contributed by atoms with Crippen molar-refractivity contribution >= 4 is 15.7 Å². The van der Waals surface area contributed by atoms with Gasteiger partial charge in [-0.1, -0.05) is 0 Å². The highest BCUT2D eigenvalue weighted by Gasteiger charge is 2.23. The molecule has 0 saturated heterocycles. The molecule has 2 rings (SSSR count). The molecule has 0 aromatic carbocycles. The fourth-order valence-corrected chi connectivity index (χ4v) is 2.92. The molecule has 0 saturated carbocycles. The minimum atomic E-state index is -3.71. The molecule has 0 unspecified atom stereocenters. The van der Waals surface area contributed by atoms with Gasteiger partial charge >= 0.3 is 0 Å². The van der Waals surface area contributed by atoms with Crippen LogP contribution in [0.5, 0.6) is 0 Å². The van der Waals surface area contributed by atoms with Crippen molar-refractivity contribution in [3.8, 4) is 0 Å². The Morgan fingerprint density at radius 1 is 1.32 bits per heavy atom. The van der Waals surface area contributed by atoms with Crippen molar-refractivity contribution in [1.82, 2.24) is 20.5 Å². The average Bonchev–Trinajstić information content (AvgIpc) is 2.73. The van der Waals surface area contributed by atoms with Crippen LogP contribution in [0.1, 0.15) is 11.3 Å². The molecule has 3 N–H and O–H groups in total. The lowest BCUT2D eigenvalue weighted by molar-refractivity contribution is 0.595. The SMILES string of the molecule is CNCc1c(S(=O)(=O)Nc2ccncc2)n[nH]c1C. The number of nitrogens with one attached hydrogen (secondary N) is 3. The predicted octanol–water partition coefficient (Wildman–Crippen LogP) is 0.633. The number of aryl methyl sites for hydroxylation is 1. The molecule has 0 spiro atoms. The third kappa shape index (κ3) is 2.91. The summed E-state index contributed by atoms with van der Waals surface area (Å²) in [5.41, 5.74) is 1.81. The van der Waals surface area contributed by atoms with Crippen LogP contribution in [0.3, 0.4) is 0 Å². The van der Waals surface area contributed by atoms with E-state index in [1.807, 2.05) is 0 Å². The smallest absolute Gasteiger partial charge is 0.281 e. The van der Waals surface area contributed by atoms with Gasteiger partial charge in [0.05, 0.1) is 5.69 Å². The average molecular weight is 281 g/mol. The van der Waals surface area contributed by atoms with Gasteiger partial charge in [0.25, 0.3) is 10.0 Å². The van der Waals surface area contributed by atoms with E-state index in [1.54, 1.807) is 26.1 Å². The van der Waals surface area contributed by atoms with E-state index >= 15 is 0 Å². The lowest BCUT2D eigenvalue weighted by atomic mass is 10.3. The lowest BCUT2D eigenvalue weighted by Gasteiger charge is -2.07. The number of aromatic nitrogens is 3. The number of anilines is 1. The molecule has 0 fully saturated rings. The molecule has 2 heterocycles. The zero-order valence-electron chi connectivity index (χ0n) is 10.6. The Labute approximate surface area is 111 Å². The van der Waals surface area contributed by atoms with Crippen LogP contribution in [-0.2, 0) is 16.6 Å². The summed E-state index contributed by atoms with van der Waals surface area (Å²) in [5.74, 6) is 0. The summed E-state index contributed by atoms with van der Waals surface area (Å²) in [7, 11) is -1.96. The summed E-state index contributed by atoms with van der Waals surface area (Å²) < 4.78 is 27.0. The van der Waals surface area contributed by atoms with Crippen LogP contribution in [0.25, 0.3) is 0 Å². The molecule has 2 aromatic heterocycles. The van der Waals surface area contributed by atoms with E-state index < -0.39 is 10.0 Å². The van der Waals surface area contributed by atoms with Crippen LogP contribution in [-0.4, -0.2) is 30.6 Å². The Hall–Kier alpha value is -1.93. The highest BCUT2D eigenvalue weighted by Crippen LogP contribution is 2.19. The molecule has 0 bridgehead atoms. The second-order valence-corrected chi connectivity index (χ2v) is 5.60. The summed E-state index contributed by atoms with van der Waals surface area (Å²) in [6.07, 6.45) is 3.03. The Morgan fingerprint density at radius 3 is 2.63 bits per heavy atom. The van der Waals surface area contributed by atoms with Crippen molar-refractivity contribution in [1.29, 1.82) is 0 Å². The van der Waals surface area contributed by atoms with Crippen LogP contribution in [0.2, 0.25) is 0 Å². The number of rotatable bonds is 5. The molecule has 8 heteroatoms. The maximum atomic E-state index is 12.3. The fraction of sp³-hybridized carbons (Fsp3) is 0.273. The fourth-order valence-electron chi connectivity index (χ4n) is 1.66. The van der Waals surface area contributed by atoms with Crippen LogP contribution >= 0.6 is 0 Å². The van der Waals surface area contributed by atoms with Crippen LogP contribution < -0.4 is 10.0 Å². The van der Waals surface area contributed by atoms with E-state index in [0.29, 0.717) is 17.8 Å². The van der Waals surface area contributed by atoms with Crippen molar-refractivity contribution in [2.75, 3.05) is 11.8 Å². The zero-order valence-corrected chi connectivity index (χ0v) is 11.5. The molecule has 0 aliphatic carbocycles. The molecular formula is C11H15N5O2S. The van der Waals surface area contributed by atoms with Crippen LogP contribution in [0.15, 0.2) is 29.6 Å². The van der Waals surface area contributed by atoms with Crippen molar-refractivity contribution in [3.05, 3.63) is 35.8 Å².